The van der Waals surface area contributed by atoms with Gasteiger partial charge in [-0.1, -0.05) is 64.4 Å². The molecular formula is C17H26. The van der Waals surface area contributed by atoms with E-state index in [4.69, 9.17) is 0 Å². The van der Waals surface area contributed by atoms with Gasteiger partial charge in [-0.05, 0) is 41.6 Å². The Morgan fingerprint density at radius 1 is 1.18 bits per heavy atom. The summed E-state index contributed by atoms with van der Waals surface area (Å²) < 4.78 is 0. The maximum atomic E-state index is 2.44. The normalized spacial score (nSPS) is 20.0. The van der Waals surface area contributed by atoms with Crippen molar-refractivity contribution in [3.8, 4) is 0 Å². The first kappa shape index (κ1) is 12.7. The maximum Gasteiger partial charge on any atom is -0.00471 e. The highest BCUT2D eigenvalue weighted by molar-refractivity contribution is 5.29. The summed E-state index contributed by atoms with van der Waals surface area (Å²) in [6.07, 6.45) is 5.54. The molecule has 0 heteroatoms. The monoisotopic (exact) mass is 230 g/mol. The van der Waals surface area contributed by atoms with Crippen molar-refractivity contribution < 1.29 is 0 Å². The molecule has 0 heterocycles. The lowest BCUT2D eigenvalue weighted by Gasteiger charge is -2.37. The average Bonchev–Trinajstić information content (AvgIpc) is 3.11. The van der Waals surface area contributed by atoms with E-state index in [9.17, 15) is 0 Å². The Kier molecular flexibility index (Phi) is 3.34. The topological polar surface area (TPSA) is 0 Å². The number of hydrogen-bond acceptors (Lipinski definition) is 0. The lowest BCUT2D eigenvalue weighted by Crippen LogP contribution is -2.31. The standard InChI is InChI=1S/C17H26/c1-5-14(2)13-17(11-12-17)16(3,4)15-9-7-6-8-10-15/h6-10,14H,5,11-13H2,1-4H3. The van der Waals surface area contributed by atoms with Gasteiger partial charge in [0.25, 0.3) is 0 Å². The van der Waals surface area contributed by atoms with E-state index in [1.54, 1.807) is 0 Å². The second kappa shape index (κ2) is 4.48. The van der Waals surface area contributed by atoms with E-state index in [0.717, 1.165) is 5.92 Å². The summed E-state index contributed by atoms with van der Waals surface area (Å²) in [5.41, 5.74) is 2.42. The molecule has 1 saturated carbocycles. The molecule has 0 amide bonds. The highest BCUT2D eigenvalue weighted by atomic mass is 14.6. The molecule has 0 N–H and O–H groups in total. The van der Waals surface area contributed by atoms with Crippen LogP contribution in [0.15, 0.2) is 30.3 Å². The van der Waals surface area contributed by atoms with E-state index in [-0.39, 0.29) is 0 Å². The van der Waals surface area contributed by atoms with Gasteiger partial charge >= 0.3 is 0 Å². The molecule has 17 heavy (non-hydrogen) atoms. The van der Waals surface area contributed by atoms with Crippen LogP contribution in [-0.2, 0) is 5.41 Å². The summed E-state index contributed by atoms with van der Waals surface area (Å²) in [5, 5.41) is 0. The average molecular weight is 230 g/mol. The Bertz CT molecular complexity index is 357. The summed E-state index contributed by atoms with van der Waals surface area (Å²) in [6, 6.07) is 11.1. The Morgan fingerprint density at radius 2 is 1.76 bits per heavy atom. The van der Waals surface area contributed by atoms with Crippen LogP contribution < -0.4 is 0 Å². The van der Waals surface area contributed by atoms with Crippen LogP contribution >= 0.6 is 0 Å². The first-order valence-electron chi connectivity index (χ1n) is 7.07. The second-order valence-electron chi connectivity index (χ2n) is 6.49. The van der Waals surface area contributed by atoms with Crippen LogP contribution in [0.3, 0.4) is 0 Å². The van der Waals surface area contributed by atoms with Crippen LogP contribution in [0.4, 0.5) is 0 Å². The van der Waals surface area contributed by atoms with Crippen molar-refractivity contribution in [1.82, 2.24) is 0 Å². The smallest absolute Gasteiger partial charge is 0.00471 e. The third-order valence-electron chi connectivity index (χ3n) is 5.11. The zero-order valence-electron chi connectivity index (χ0n) is 11.8. The quantitative estimate of drug-likeness (QED) is 0.653. The van der Waals surface area contributed by atoms with Crippen LogP contribution in [-0.4, -0.2) is 0 Å². The predicted molar refractivity (Wildman–Crippen MR) is 75.2 cm³/mol. The van der Waals surface area contributed by atoms with Crippen molar-refractivity contribution in [2.24, 2.45) is 11.3 Å². The Morgan fingerprint density at radius 3 is 2.24 bits per heavy atom. The van der Waals surface area contributed by atoms with Gasteiger partial charge in [0.05, 0.1) is 0 Å². The van der Waals surface area contributed by atoms with E-state index in [1.807, 2.05) is 0 Å². The van der Waals surface area contributed by atoms with Crippen LogP contribution in [0.1, 0.15) is 58.9 Å². The highest BCUT2D eigenvalue weighted by Gasteiger charge is 2.54. The van der Waals surface area contributed by atoms with E-state index >= 15 is 0 Å². The summed E-state index contributed by atoms with van der Waals surface area (Å²) in [5.74, 6) is 0.862. The Hall–Kier alpha value is -0.780. The molecule has 0 aliphatic heterocycles. The minimum Gasteiger partial charge on any atom is -0.0651 e. The van der Waals surface area contributed by atoms with Gasteiger partial charge in [-0.15, -0.1) is 0 Å². The molecule has 0 nitrogen and oxygen atoms in total. The molecule has 1 aliphatic carbocycles. The SMILES string of the molecule is CCC(C)CC1(C(C)(C)c2ccccc2)CC1. The van der Waals surface area contributed by atoms with Crippen LogP contribution in [0.5, 0.6) is 0 Å². The first-order chi connectivity index (χ1) is 8.02. The highest BCUT2D eigenvalue weighted by Crippen LogP contribution is 2.62. The van der Waals surface area contributed by atoms with Gasteiger partial charge < -0.3 is 0 Å². The fourth-order valence-corrected chi connectivity index (χ4v) is 3.21. The first-order valence-corrected chi connectivity index (χ1v) is 7.07. The van der Waals surface area contributed by atoms with Crippen LogP contribution in [0.2, 0.25) is 0 Å². The predicted octanol–water partition coefficient (Wildman–Crippen LogP) is 5.18. The number of hydrogen-bond donors (Lipinski definition) is 0. The molecule has 0 saturated heterocycles. The van der Waals surface area contributed by atoms with E-state index in [1.165, 1.54) is 31.2 Å². The van der Waals surface area contributed by atoms with Crippen molar-refractivity contribution in [3.63, 3.8) is 0 Å². The summed E-state index contributed by atoms with van der Waals surface area (Å²) >= 11 is 0. The molecule has 94 valence electrons. The molecule has 1 aromatic carbocycles. The van der Waals surface area contributed by atoms with E-state index < -0.39 is 0 Å². The van der Waals surface area contributed by atoms with Gasteiger partial charge in [0, 0.05) is 0 Å². The van der Waals surface area contributed by atoms with Crippen molar-refractivity contribution in [2.75, 3.05) is 0 Å². The molecule has 2 rings (SSSR count). The van der Waals surface area contributed by atoms with Crippen molar-refractivity contribution in [2.45, 2.75) is 58.8 Å². The fraction of sp³-hybridized carbons (Fsp3) is 0.647. The fourth-order valence-electron chi connectivity index (χ4n) is 3.21. The van der Waals surface area contributed by atoms with Gasteiger partial charge in [0.2, 0.25) is 0 Å². The molecule has 1 aliphatic rings. The Labute approximate surface area is 106 Å². The van der Waals surface area contributed by atoms with Gasteiger partial charge in [-0.25, -0.2) is 0 Å². The second-order valence-corrected chi connectivity index (χ2v) is 6.49. The third kappa shape index (κ3) is 2.27. The van der Waals surface area contributed by atoms with Gasteiger partial charge in [-0.2, -0.15) is 0 Å². The molecule has 0 aromatic heterocycles. The van der Waals surface area contributed by atoms with E-state index in [0.29, 0.717) is 10.8 Å². The molecular weight excluding hydrogens is 204 g/mol. The number of rotatable bonds is 5. The molecule has 1 atom stereocenters. The lowest BCUT2D eigenvalue weighted by atomic mass is 9.67. The van der Waals surface area contributed by atoms with Crippen molar-refractivity contribution in [1.29, 1.82) is 0 Å². The molecule has 0 bridgehead atoms. The minimum absolute atomic E-state index is 0.331. The molecule has 0 spiro atoms. The zero-order valence-corrected chi connectivity index (χ0v) is 11.8. The number of benzene rings is 1. The molecule has 1 fully saturated rings. The van der Waals surface area contributed by atoms with Crippen LogP contribution in [0, 0.1) is 11.3 Å². The molecule has 0 radical (unpaired) electrons. The summed E-state index contributed by atoms with van der Waals surface area (Å²) in [7, 11) is 0. The maximum absolute atomic E-state index is 2.44. The minimum atomic E-state index is 0.331. The van der Waals surface area contributed by atoms with E-state index in [2.05, 4.69) is 58.0 Å². The molecule has 1 unspecified atom stereocenters. The zero-order chi connectivity index (χ0) is 12.5. The lowest BCUT2D eigenvalue weighted by molar-refractivity contribution is 0.232. The van der Waals surface area contributed by atoms with Gasteiger partial charge in [0.15, 0.2) is 0 Å². The Balaban J connectivity index is 2.21. The summed E-state index contributed by atoms with van der Waals surface area (Å²) in [4.78, 5) is 0. The van der Waals surface area contributed by atoms with Gasteiger partial charge in [0.1, 0.15) is 0 Å². The molecule has 1 aromatic rings. The van der Waals surface area contributed by atoms with Crippen molar-refractivity contribution in [3.05, 3.63) is 35.9 Å². The van der Waals surface area contributed by atoms with Gasteiger partial charge in [-0.3, -0.25) is 0 Å². The third-order valence-corrected chi connectivity index (χ3v) is 5.11. The van der Waals surface area contributed by atoms with Crippen molar-refractivity contribution >= 4 is 0 Å². The van der Waals surface area contributed by atoms with Crippen LogP contribution in [0.25, 0.3) is 0 Å². The largest absolute Gasteiger partial charge is 0.0651 e. The summed E-state index contributed by atoms with van der Waals surface area (Å²) in [6.45, 7) is 9.60.